The van der Waals surface area contributed by atoms with Crippen molar-refractivity contribution in [3.05, 3.63) is 53.2 Å². The maximum Gasteiger partial charge on any atom is 0.347 e. The maximum absolute atomic E-state index is 11.3. The maximum atomic E-state index is 11.3. The van der Waals surface area contributed by atoms with Crippen molar-refractivity contribution in [3.8, 4) is 5.75 Å². The summed E-state index contributed by atoms with van der Waals surface area (Å²) in [4.78, 5) is 15.0. The first-order chi connectivity index (χ1) is 8.77. The van der Waals surface area contributed by atoms with Gasteiger partial charge in [-0.15, -0.1) is 0 Å². The number of benzene rings is 1. The predicted molar refractivity (Wildman–Crippen MR) is 69.5 cm³/mol. The van der Waals surface area contributed by atoms with Crippen LogP contribution in [0.5, 0.6) is 5.75 Å². The molecule has 1 aromatic carbocycles. The molecule has 5 heteroatoms. The molecule has 1 aromatic heterocycles. The average Bonchev–Trinajstić information content (AvgIpc) is 2.38. The minimum atomic E-state index is -0.239. The zero-order chi connectivity index (χ0) is 12.8. The lowest BCUT2D eigenvalue weighted by Crippen LogP contribution is -2.22. The third kappa shape index (κ3) is 3.10. The van der Waals surface area contributed by atoms with E-state index in [4.69, 9.17) is 10.5 Å². The summed E-state index contributed by atoms with van der Waals surface area (Å²) in [5, 5.41) is 0. The molecule has 0 radical (unpaired) electrons. The lowest BCUT2D eigenvalue weighted by Gasteiger charge is -2.08. The van der Waals surface area contributed by atoms with Crippen LogP contribution in [0, 0.1) is 0 Å². The summed E-state index contributed by atoms with van der Waals surface area (Å²) < 4.78 is 7.09. The van der Waals surface area contributed by atoms with Gasteiger partial charge >= 0.3 is 5.69 Å². The molecule has 0 fully saturated rings. The summed E-state index contributed by atoms with van der Waals surface area (Å²) in [7, 11) is 0. The van der Waals surface area contributed by atoms with Crippen molar-refractivity contribution < 1.29 is 4.74 Å². The molecule has 94 valence electrons. The fourth-order valence-electron chi connectivity index (χ4n) is 1.59. The molecule has 2 rings (SSSR count). The summed E-state index contributed by atoms with van der Waals surface area (Å²) in [5.74, 6) is 0.677. The largest absolute Gasteiger partial charge is 0.491 e. The van der Waals surface area contributed by atoms with Crippen LogP contribution in [-0.4, -0.2) is 16.2 Å². The van der Waals surface area contributed by atoms with E-state index in [1.165, 1.54) is 6.20 Å². The van der Waals surface area contributed by atoms with Gasteiger partial charge in [-0.2, -0.15) is 0 Å². The minimum absolute atomic E-state index is 0.239. The smallest absolute Gasteiger partial charge is 0.347 e. The number of anilines is 1. The van der Waals surface area contributed by atoms with Crippen LogP contribution in [-0.2, 0) is 6.54 Å². The van der Waals surface area contributed by atoms with E-state index in [-0.39, 0.29) is 5.69 Å². The quantitative estimate of drug-likeness (QED) is 0.636. The van der Waals surface area contributed by atoms with Crippen molar-refractivity contribution in [1.29, 1.82) is 0 Å². The summed E-state index contributed by atoms with van der Waals surface area (Å²) in [5.41, 5.74) is 6.13. The Kier molecular flexibility index (Phi) is 3.96. The molecule has 0 atom stereocenters. The van der Waals surface area contributed by atoms with Gasteiger partial charge in [-0.1, -0.05) is 12.1 Å². The summed E-state index contributed by atoms with van der Waals surface area (Å²) in [6.45, 7) is 1.09. The predicted octanol–water partition coefficient (Wildman–Crippen LogP) is 1.29. The Hall–Kier alpha value is -2.30. The van der Waals surface area contributed by atoms with Crippen LogP contribution >= 0.6 is 0 Å². The van der Waals surface area contributed by atoms with Crippen molar-refractivity contribution in [3.63, 3.8) is 0 Å². The molecule has 0 unspecified atom stereocenters. The number of nitrogens with two attached hydrogens (primary N) is 1. The number of aryl methyl sites for hydroxylation is 1. The monoisotopic (exact) mass is 245 g/mol. The van der Waals surface area contributed by atoms with E-state index in [0.29, 0.717) is 24.6 Å². The molecule has 0 saturated carbocycles. The van der Waals surface area contributed by atoms with Gasteiger partial charge in [0.05, 0.1) is 12.3 Å². The van der Waals surface area contributed by atoms with E-state index in [1.807, 2.05) is 18.2 Å². The Morgan fingerprint density at radius 3 is 2.89 bits per heavy atom. The van der Waals surface area contributed by atoms with E-state index in [2.05, 4.69) is 4.98 Å². The number of hydrogen-bond acceptors (Lipinski definition) is 4. The Morgan fingerprint density at radius 2 is 2.11 bits per heavy atom. The number of hydrogen-bond donors (Lipinski definition) is 1. The van der Waals surface area contributed by atoms with Gasteiger partial charge in [0.15, 0.2) is 0 Å². The van der Waals surface area contributed by atoms with Gasteiger partial charge in [-0.05, 0) is 24.6 Å². The van der Waals surface area contributed by atoms with E-state index in [1.54, 1.807) is 22.9 Å². The number of rotatable bonds is 5. The highest BCUT2D eigenvalue weighted by Crippen LogP contribution is 2.19. The van der Waals surface area contributed by atoms with Crippen LogP contribution < -0.4 is 16.2 Å². The molecule has 18 heavy (non-hydrogen) atoms. The molecule has 5 nitrogen and oxygen atoms in total. The van der Waals surface area contributed by atoms with Crippen LogP contribution in [0.3, 0.4) is 0 Å². The topological polar surface area (TPSA) is 70.1 Å². The van der Waals surface area contributed by atoms with Gasteiger partial charge in [0, 0.05) is 18.9 Å². The van der Waals surface area contributed by atoms with Crippen molar-refractivity contribution in [2.24, 2.45) is 0 Å². The van der Waals surface area contributed by atoms with Crippen LogP contribution in [0.2, 0.25) is 0 Å². The SMILES string of the molecule is Nc1ccccc1OCCCn1cccnc1=O. The number of aromatic nitrogens is 2. The van der Waals surface area contributed by atoms with Crippen molar-refractivity contribution in [2.45, 2.75) is 13.0 Å². The lowest BCUT2D eigenvalue weighted by molar-refractivity contribution is 0.302. The molecule has 2 aromatic rings. The molecule has 0 saturated heterocycles. The Labute approximate surface area is 105 Å². The number of para-hydroxylation sites is 2. The van der Waals surface area contributed by atoms with Crippen LogP contribution in [0.15, 0.2) is 47.5 Å². The standard InChI is InChI=1S/C13H15N3O2/c14-11-5-1-2-6-12(11)18-10-4-9-16-8-3-7-15-13(16)17/h1-3,5-8H,4,9-10,14H2. The highest BCUT2D eigenvalue weighted by molar-refractivity contribution is 5.51. The Bertz CT molecular complexity index is 566. The zero-order valence-electron chi connectivity index (χ0n) is 9.95. The van der Waals surface area contributed by atoms with Gasteiger partial charge in [-0.25, -0.2) is 9.78 Å². The molecule has 0 amide bonds. The summed E-state index contributed by atoms with van der Waals surface area (Å²) in [6, 6.07) is 9.08. The number of ether oxygens (including phenoxy) is 1. The first-order valence-corrected chi connectivity index (χ1v) is 5.76. The number of nitrogens with zero attached hydrogens (tertiary/aromatic N) is 2. The highest BCUT2D eigenvalue weighted by Gasteiger charge is 1.99. The minimum Gasteiger partial charge on any atom is -0.491 e. The third-order valence-corrected chi connectivity index (χ3v) is 2.50. The Balaban J connectivity index is 1.82. The normalized spacial score (nSPS) is 10.2. The van der Waals surface area contributed by atoms with Gasteiger partial charge in [-0.3, -0.25) is 4.57 Å². The molecule has 0 aliphatic rings. The second-order valence-electron chi connectivity index (χ2n) is 3.84. The van der Waals surface area contributed by atoms with E-state index >= 15 is 0 Å². The lowest BCUT2D eigenvalue weighted by atomic mass is 10.3. The van der Waals surface area contributed by atoms with Crippen LogP contribution in [0.4, 0.5) is 5.69 Å². The van der Waals surface area contributed by atoms with Gasteiger partial charge in [0.2, 0.25) is 0 Å². The van der Waals surface area contributed by atoms with E-state index < -0.39 is 0 Å². The van der Waals surface area contributed by atoms with Crippen molar-refractivity contribution in [1.82, 2.24) is 9.55 Å². The van der Waals surface area contributed by atoms with Crippen LogP contribution in [0.25, 0.3) is 0 Å². The number of nitrogen functional groups attached to an aromatic ring is 1. The average molecular weight is 245 g/mol. The fourth-order valence-corrected chi connectivity index (χ4v) is 1.59. The van der Waals surface area contributed by atoms with Crippen LogP contribution in [0.1, 0.15) is 6.42 Å². The van der Waals surface area contributed by atoms with Crippen molar-refractivity contribution in [2.75, 3.05) is 12.3 Å². The van der Waals surface area contributed by atoms with Gasteiger partial charge in [0.25, 0.3) is 0 Å². The molecular weight excluding hydrogens is 230 g/mol. The molecule has 2 N–H and O–H groups in total. The summed E-state index contributed by atoms with van der Waals surface area (Å²) in [6.07, 6.45) is 3.92. The highest BCUT2D eigenvalue weighted by atomic mass is 16.5. The molecule has 0 spiro atoms. The van der Waals surface area contributed by atoms with Crippen molar-refractivity contribution >= 4 is 5.69 Å². The van der Waals surface area contributed by atoms with E-state index in [0.717, 1.165) is 6.42 Å². The molecule has 0 aliphatic carbocycles. The second kappa shape index (κ2) is 5.86. The zero-order valence-corrected chi connectivity index (χ0v) is 9.95. The van der Waals surface area contributed by atoms with Gasteiger partial charge in [0.1, 0.15) is 5.75 Å². The fraction of sp³-hybridized carbons (Fsp3) is 0.231. The first-order valence-electron chi connectivity index (χ1n) is 5.76. The molecule has 0 bridgehead atoms. The molecular formula is C13H15N3O2. The third-order valence-electron chi connectivity index (χ3n) is 2.50. The molecule has 0 aliphatic heterocycles. The summed E-state index contributed by atoms with van der Waals surface area (Å²) >= 11 is 0. The second-order valence-corrected chi connectivity index (χ2v) is 3.84. The van der Waals surface area contributed by atoms with Gasteiger partial charge < -0.3 is 10.5 Å². The molecule has 1 heterocycles. The Morgan fingerprint density at radius 1 is 1.28 bits per heavy atom. The first kappa shape index (κ1) is 12.2. The van der Waals surface area contributed by atoms with E-state index in [9.17, 15) is 4.79 Å².